The van der Waals surface area contributed by atoms with E-state index in [1.807, 2.05) is 6.26 Å². The van der Waals surface area contributed by atoms with Gasteiger partial charge in [-0.3, -0.25) is 0 Å². The largest absolute Gasteiger partial charge is 0.478 e. The Labute approximate surface area is 151 Å². The van der Waals surface area contributed by atoms with Gasteiger partial charge < -0.3 is 14.6 Å². The van der Waals surface area contributed by atoms with Crippen molar-refractivity contribution < 1.29 is 32.5 Å². The van der Waals surface area contributed by atoms with Crippen LogP contribution in [-0.2, 0) is 4.79 Å². The highest BCUT2D eigenvalue weighted by Crippen LogP contribution is 2.46. The summed E-state index contributed by atoms with van der Waals surface area (Å²) in [4.78, 5) is 12.4. The fourth-order valence-electron chi connectivity index (χ4n) is 2.51. The number of halogens is 3. The first-order valence-electron chi connectivity index (χ1n) is 7.40. The normalized spacial score (nSPS) is 19.2. The van der Waals surface area contributed by atoms with E-state index in [-0.39, 0.29) is 17.1 Å². The molecule has 0 spiro atoms. The third-order valence-corrected chi connectivity index (χ3v) is 4.50. The molecule has 1 atom stereocenters. The molecule has 0 amide bonds. The number of carboxylic acid groups (broad SMARTS) is 1. The molecule has 4 nitrogen and oxygen atoms in total. The predicted octanol–water partition coefficient (Wildman–Crippen LogP) is 4.61. The van der Waals surface area contributed by atoms with Crippen LogP contribution in [0.3, 0.4) is 0 Å². The molecule has 0 radical (unpaired) electrons. The van der Waals surface area contributed by atoms with Gasteiger partial charge in [0.15, 0.2) is 0 Å². The summed E-state index contributed by atoms with van der Waals surface area (Å²) in [5.41, 5.74) is -0.816. The van der Waals surface area contributed by atoms with Gasteiger partial charge in [-0.05, 0) is 42.7 Å². The van der Waals surface area contributed by atoms with Gasteiger partial charge in [0.25, 0.3) is 0 Å². The Morgan fingerprint density at radius 2 is 1.81 bits per heavy atom. The third-order valence-electron chi connectivity index (χ3n) is 3.75. The van der Waals surface area contributed by atoms with Crippen molar-refractivity contribution >= 4 is 23.8 Å². The van der Waals surface area contributed by atoms with Crippen LogP contribution < -0.4 is 9.47 Å². The summed E-state index contributed by atoms with van der Waals surface area (Å²) in [5.74, 6) is -5.51. The van der Waals surface area contributed by atoms with Crippen molar-refractivity contribution in [2.45, 2.75) is 16.9 Å². The van der Waals surface area contributed by atoms with Crippen molar-refractivity contribution in [2.75, 3.05) is 6.26 Å². The summed E-state index contributed by atoms with van der Waals surface area (Å²) in [6.45, 7) is 0. The maximum atomic E-state index is 14.0. The molecule has 2 aromatic rings. The zero-order valence-electron chi connectivity index (χ0n) is 13.4. The Morgan fingerprint density at radius 3 is 2.38 bits per heavy atom. The first kappa shape index (κ1) is 18.2. The lowest BCUT2D eigenvalue weighted by molar-refractivity contribution is -0.304. The van der Waals surface area contributed by atoms with Gasteiger partial charge in [0.1, 0.15) is 17.1 Å². The van der Waals surface area contributed by atoms with E-state index in [0.717, 1.165) is 11.0 Å². The van der Waals surface area contributed by atoms with Gasteiger partial charge >= 0.3 is 17.9 Å². The third kappa shape index (κ3) is 3.12. The number of fused-ring (bicyclic) bond motifs is 1. The van der Waals surface area contributed by atoms with Gasteiger partial charge in [0, 0.05) is 10.5 Å². The number of carboxylic acids is 1. The standard InChI is InChI=1S/C18H13F3O4S/c1-26-13-8-6-12(7-9-13)24-17(18(19,20)21)14(16(22)23)10-11-4-2-3-5-15(11)25-17/h2-10H,1H3,(H,22,23). The number of para-hydroxylation sites is 1. The molecule has 0 aromatic heterocycles. The van der Waals surface area contributed by atoms with Crippen molar-refractivity contribution in [3.05, 3.63) is 59.7 Å². The molecule has 1 heterocycles. The van der Waals surface area contributed by atoms with Crippen LogP contribution in [0.25, 0.3) is 6.08 Å². The number of rotatable bonds is 4. The molecular weight excluding hydrogens is 369 g/mol. The van der Waals surface area contributed by atoms with Crippen LogP contribution in [0.2, 0.25) is 0 Å². The fraction of sp³-hybridized carbons (Fsp3) is 0.167. The predicted molar refractivity (Wildman–Crippen MR) is 90.3 cm³/mol. The highest BCUT2D eigenvalue weighted by atomic mass is 32.2. The minimum absolute atomic E-state index is 0.115. The van der Waals surface area contributed by atoms with Crippen molar-refractivity contribution in [3.63, 3.8) is 0 Å². The first-order valence-corrected chi connectivity index (χ1v) is 8.62. The first-order chi connectivity index (χ1) is 12.3. The zero-order chi connectivity index (χ0) is 18.9. The summed E-state index contributed by atoms with van der Waals surface area (Å²) >= 11 is 1.41. The Kier molecular flexibility index (Phi) is 4.62. The number of aliphatic carboxylic acids is 1. The minimum Gasteiger partial charge on any atom is -0.478 e. The number of benzene rings is 2. The van der Waals surface area contributed by atoms with Gasteiger partial charge in [-0.15, -0.1) is 11.8 Å². The van der Waals surface area contributed by atoms with Gasteiger partial charge in [-0.2, -0.15) is 13.2 Å². The van der Waals surface area contributed by atoms with Crippen LogP contribution >= 0.6 is 11.8 Å². The van der Waals surface area contributed by atoms with Crippen LogP contribution in [0.15, 0.2) is 59.0 Å². The zero-order valence-corrected chi connectivity index (χ0v) is 14.2. The number of hydrogen-bond acceptors (Lipinski definition) is 4. The van der Waals surface area contributed by atoms with Crippen LogP contribution in [-0.4, -0.2) is 29.3 Å². The van der Waals surface area contributed by atoms with Gasteiger partial charge in [-0.25, -0.2) is 4.79 Å². The monoisotopic (exact) mass is 382 g/mol. The second-order valence-electron chi connectivity index (χ2n) is 5.39. The summed E-state index contributed by atoms with van der Waals surface area (Å²) in [6, 6.07) is 11.7. The molecule has 0 saturated carbocycles. The molecule has 136 valence electrons. The number of ether oxygens (including phenoxy) is 2. The van der Waals surface area contributed by atoms with E-state index in [2.05, 4.69) is 0 Å². The lowest BCUT2D eigenvalue weighted by atomic mass is 9.97. The number of alkyl halides is 3. The summed E-state index contributed by atoms with van der Waals surface area (Å²) in [5, 5.41) is 9.39. The molecular formula is C18H13F3O4S. The maximum absolute atomic E-state index is 14.0. The maximum Gasteiger partial charge on any atom is 0.473 e. The van der Waals surface area contributed by atoms with E-state index in [4.69, 9.17) is 9.47 Å². The van der Waals surface area contributed by atoms with E-state index in [9.17, 15) is 23.1 Å². The number of thioether (sulfide) groups is 1. The van der Waals surface area contributed by atoms with Crippen LogP contribution in [0.1, 0.15) is 5.56 Å². The van der Waals surface area contributed by atoms with Gasteiger partial charge in [-0.1, -0.05) is 18.2 Å². The molecule has 0 aliphatic carbocycles. The lowest BCUT2D eigenvalue weighted by Crippen LogP contribution is -2.59. The molecule has 2 aromatic carbocycles. The smallest absolute Gasteiger partial charge is 0.473 e. The van der Waals surface area contributed by atoms with Gasteiger partial charge in [0.2, 0.25) is 0 Å². The molecule has 8 heteroatoms. The minimum atomic E-state index is -5.14. The quantitative estimate of drug-likeness (QED) is 0.783. The molecule has 1 unspecified atom stereocenters. The van der Waals surface area contributed by atoms with Crippen LogP contribution in [0.4, 0.5) is 13.2 Å². The highest BCUT2D eigenvalue weighted by Gasteiger charge is 2.66. The van der Waals surface area contributed by atoms with Crippen LogP contribution in [0, 0.1) is 0 Å². The summed E-state index contributed by atoms with van der Waals surface area (Å²) in [6.07, 6.45) is -2.40. The molecule has 0 bridgehead atoms. The fourth-order valence-corrected chi connectivity index (χ4v) is 2.92. The molecule has 1 aliphatic rings. The van der Waals surface area contributed by atoms with E-state index >= 15 is 0 Å². The Hall–Kier alpha value is -2.61. The lowest BCUT2D eigenvalue weighted by Gasteiger charge is -2.38. The summed E-state index contributed by atoms with van der Waals surface area (Å²) < 4.78 is 52.2. The highest BCUT2D eigenvalue weighted by molar-refractivity contribution is 7.98. The van der Waals surface area contributed by atoms with E-state index in [1.54, 1.807) is 18.2 Å². The van der Waals surface area contributed by atoms with E-state index in [0.29, 0.717) is 0 Å². The second-order valence-corrected chi connectivity index (χ2v) is 6.27. The van der Waals surface area contributed by atoms with Gasteiger partial charge in [0.05, 0.1) is 0 Å². The average Bonchev–Trinajstić information content (AvgIpc) is 2.60. The molecule has 1 N–H and O–H groups in total. The molecule has 1 aliphatic heterocycles. The van der Waals surface area contributed by atoms with Crippen molar-refractivity contribution in [3.8, 4) is 11.5 Å². The summed E-state index contributed by atoms with van der Waals surface area (Å²) in [7, 11) is 0. The number of carbonyl (C=O) groups is 1. The van der Waals surface area contributed by atoms with E-state index < -0.39 is 23.5 Å². The molecule has 3 rings (SSSR count). The van der Waals surface area contributed by atoms with Crippen molar-refractivity contribution in [2.24, 2.45) is 0 Å². The average molecular weight is 382 g/mol. The molecule has 0 fully saturated rings. The topological polar surface area (TPSA) is 55.8 Å². The van der Waals surface area contributed by atoms with Crippen molar-refractivity contribution in [1.29, 1.82) is 0 Å². The Balaban J connectivity index is 2.13. The Morgan fingerprint density at radius 1 is 1.15 bits per heavy atom. The molecule has 0 saturated heterocycles. The van der Waals surface area contributed by atoms with Crippen molar-refractivity contribution in [1.82, 2.24) is 0 Å². The number of hydrogen-bond donors (Lipinski definition) is 1. The molecule has 26 heavy (non-hydrogen) atoms. The second kappa shape index (κ2) is 6.60. The Bertz CT molecular complexity index is 861. The van der Waals surface area contributed by atoms with Crippen LogP contribution in [0.5, 0.6) is 11.5 Å². The van der Waals surface area contributed by atoms with E-state index in [1.165, 1.54) is 42.1 Å². The SMILES string of the molecule is CSc1ccc(OC2(C(F)(F)F)Oc3ccccc3C=C2C(=O)O)cc1.